The number of carboxylic acid groups (broad SMARTS) is 1. The van der Waals surface area contributed by atoms with Crippen LogP contribution in [0.4, 0.5) is 0 Å². The first kappa shape index (κ1) is 11.9. The van der Waals surface area contributed by atoms with Gasteiger partial charge in [-0.1, -0.05) is 25.7 Å². The van der Waals surface area contributed by atoms with Crippen LogP contribution in [0, 0.1) is 11.8 Å². The standard InChI is InChI=1S/C13H23NO2/c1-9(13(15)16)14-12-7-6-10-4-2-3-5-11(10)8-12/h9-12,14H,2-8H2,1H3,(H,15,16)/t9-,10?,11?,12?/m1/s1. The maximum Gasteiger partial charge on any atom is 0.320 e. The van der Waals surface area contributed by atoms with Gasteiger partial charge >= 0.3 is 5.97 Å². The molecule has 92 valence electrons. The number of hydrogen-bond donors (Lipinski definition) is 2. The smallest absolute Gasteiger partial charge is 0.320 e. The van der Waals surface area contributed by atoms with Crippen LogP contribution in [0.1, 0.15) is 51.9 Å². The lowest BCUT2D eigenvalue weighted by Crippen LogP contribution is -2.45. The van der Waals surface area contributed by atoms with Crippen LogP contribution in [0.2, 0.25) is 0 Å². The van der Waals surface area contributed by atoms with E-state index in [1.54, 1.807) is 6.92 Å². The van der Waals surface area contributed by atoms with Crippen LogP contribution >= 0.6 is 0 Å². The van der Waals surface area contributed by atoms with Crippen molar-refractivity contribution in [3.05, 3.63) is 0 Å². The molecule has 0 aliphatic heterocycles. The average molecular weight is 225 g/mol. The second-order valence-corrected chi connectivity index (χ2v) is 5.54. The fraction of sp³-hybridized carbons (Fsp3) is 0.923. The van der Waals surface area contributed by atoms with E-state index in [-0.39, 0.29) is 0 Å². The summed E-state index contributed by atoms with van der Waals surface area (Å²) < 4.78 is 0. The highest BCUT2D eigenvalue weighted by Crippen LogP contribution is 2.40. The van der Waals surface area contributed by atoms with Crippen LogP contribution in [-0.2, 0) is 4.79 Å². The minimum absolute atomic E-state index is 0.398. The lowest BCUT2D eigenvalue weighted by molar-refractivity contribution is -0.139. The van der Waals surface area contributed by atoms with Crippen molar-refractivity contribution < 1.29 is 9.90 Å². The normalized spacial score (nSPS) is 36.4. The van der Waals surface area contributed by atoms with Crippen molar-refractivity contribution in [3.8, 4) is 0 Å². The van der Waals surface area contributed by atoms with E-state index < -0.39 is 12.0 Å². The molecule has 2 aliphatic carbocycles. The number of nitrogens with one attached hydrogen (secondary N) is 1. The van der Waals surface area contributed by atoms with Crippen molar-refractivity contribution in [3.63, 3.8) is 0 Å². The van der Waals surface area contributed by atoms with Crippen molar-refractivity contribution in [1.82, 2.24) is 5.32 Å². The zero-order chi connectivity index (χ0) is 11.5. The van der Waals surface area contributed by atoms with Gasteiger partial charge in [-0.3, -0.25) is 4.79 Å². The van der Waals surface area contributed by atoms with Crippen molar-refractivity contribution in [2.45, 2.75) is 64.0 Å². The third-order valence-electron chi connectivity index (χ3n) is 4.40. The first-order valence-corrected chi connectivity index (χ1v) is 6.65. The molecule has 3 unspecified atom stereocenters. The van der Waals surface area contributed by atoms with Crippen molar-refractivity contribution >= 4 is 5.97 Å². The summed E-state index contributed by atoms with van der Waals surface area (Å²) in [4.78, 5) is 10.8. The molecule has 0 amide bonds. The fourth-order valence-electron chi connectivity index (χ4n) is 3.45. The Morgan fingerprint density at radius 2 is 1.88 bits per heavy atom. The fourth-order valence-corrected chi connectivity index (χ4v) is 3.45. The predicted octanol–water partition coefficient (Wildman–Crippen LogP) is 2.41. The maximum atomic E-state index is 10.8. The molecule has 4 atom stereocenters. The number of hydrogen-bond acceptors (Lipinski definition) is 2. The quantitative estimate of drug-likeness (QED) is 0.775. The molecule has 0 bridgehead atoms. The summed E-state index contributed by atoms with van der Waals surface area (Å²) in [5.74, 6) is 1.07. The third-order valence-corrected chi connectivity index (χ3v) is 4.40. The Kier molecular flexibility index (Phi) is 3.85. The molecule has 2 N–H and O–H groups in total. The molecule has 0 aromatic heterocycles. The maximum absolute atomic E-state index is 10.8. The Morgan fingerprint density at radius 1 is 1.19 bits per heavy atom. The van der Waals surface area contributed by atoms with Crippen molar-refractivity contribution in [1.29, 1.82) is 0 Å². The van der Waals surface area contributed by atoms with Crippen molar-refractivity contribution in [2.75, 3.05) is 0 Å². The molecule has 16 heavy (non-hydrogen) atoms. The van der Waals surface area contributed by atoms with Gasteiger partial charge in [0.2, 0.25) is 0 Å². The van der Waals surface area contributed by atoms with Crippen LogP contribution in [0.15, 0.2) is 0 Å². The first-order chi connectivity index (χ1) is 7.66. The molecule has 0 heterocycles. The molecule has 3 heteroatoms. The van der Waals surface area contributed by atoms with Crippen LogP contribution in [0.5, 0.6) is 0 Å². The summed E-state index contributed by atoms with van der Waals surface area (Å²) in [5.41, 5.74) is 0. The Hall–Kier alpha value is -0.570. The van der Waals surface area contributed by atoms with E-state index in [0.717, 1.165) is 11.8 Å². The van der Waals surface area contributed by atoms with E-state index >= 15 is 0 Å². The molecule has 0 aromatic rings. The molecule has 2 saturated carbocycles. The van der Waals surface area contributed by atoms with Gasteiger partial charge in [-0.15, -0.1) is 0 Å². The van der Waals surface area contributed by atoms with Gasteiger partial charge < -0.3 is 10.4 Å². The Balaban J connectivity index is 1.83. The van der Waals surface area contributed by atoms with E-state index in [4.69, 9.17) is 5.11 Å². The summed E-state index contributed by atoms with van der Waals surface area (Å²) in [6, 6.07) is 0.0376. The van der Waals surface area contributed by atoms with Gasteiger partial charge in [-0.2, -0.15) is 0 Å². The monoisotopic (exact) mass is 225 g/mol. The largest absolute Gasteiger partial charge is 0.480 e. The number of fused-ring (bicyclic) bond motifs is 1. The molecule has 3 nitrogen and oxygen atoms in total. The van der Waals surface area contributed by atoms with Gasteiger partial charge in [0.05, 0.1) is 0 Å². The first-order valence-electron chi connectivity index (χ1n) is 6.65. The second-order valence-electron chi connectivity index (χ2n) is 5.54. The molecule has 0 radical (unpaired) electrons. The van der Waals surface area contributed by atoms with Crippen molar-refractivity contribution in [2.24, 2.45) is 11.8 Å². The van der Waals surface area contributed by atoms with Gasteiger partial charge in [0.25, 0.3) is 0 Å². The predicted molar refractivity (Wildman–Crippen MR) is 63.3 cm³/mol. The highest BCUT2D eigenvalue weighted by atomic mass is 16.4. The van der Waals surface area contributed by atoms with Gasteiger partial charge in [0, 0.05) is 6.04 Å². The van der Waals surface area contributed by atoms with E-state index in [1.807, 2.05) is 0 Å². The summed E-state index contributed by atoms with van der Waals surface area (Å²) in [5, 5.41) is 12.1. The molecular weight excluding hydrogens is 202 g/mol. The van der Waals surface area contributed by atoms with Crippen LogP contribution in [0.25, 0.3) is 0 Å². The van der Waals surface area contributed by atoms with E-state index in [2.05, 4.69) is 5.32 Å². The summed E-state index contributed by atoms with van der Waals surface area (Å²) in [7, 11) is 0. The molecule has 0 aromatic carbocycles. The van der Waals surface area contributed by atoms with E-state index in [1.165, 1.54) is 44.9 Å². The van der Waals surface area contributed by atoms with E-state index in [0.29, 0.717) is 6.04 Å². The minimum Gasteiger partial charge on any atom is -0.480 e. The van der Waals surface area contributed by atoms with Crippen LogP contribution < -0.4 is 5.32 Å². The summed E-state index contributed by atoms with van der Waals surface area (Å²) in [6.07, 6.45) is 9.22. The summed E-state index contributed by atoms with van der Waals surface area (Å²) >= 11 is 0. The Labute approximate surface area is 97.6 Å². The van der Waals surface area contributed by atoms with Crippen LogP contribution in [0.3, 0.4) is 0 Å². The Bertz CT molecular complexity index is 254. The zero-order valence-corrected chi connectivity index (χ0v) is 10.1. The topological polar surface area (TPSA) is 49.3 Å². The average Bonchev–Trinajstić information content (AvgIpc) is 2.28. The lowest BCUT2D eigenvalue weighted by atomic mass is 9.69. The molecule has 2 aliphatic rings. The molecule has 0 saturated heterocycles. The van der Waals surface area contributed by atoms with Gasteiger partial charge in [-0.25, -0.2) is 0 Å². The summed E-state index contributed by atoms with van der Waals surface area (Å²) in [6.45, 7) is 1.75. The molecule has 0 spiro atoms. The highest BCUT2D eigenvalue weighted by molar-refractivity contribution is 5.72. The van der Waals surface area contributed by atoms with Gasteiger partial charge in [0.15, 0.2) is 0 Å². The van der Waals surface area contributed by atoms with Gasteiger partial charge in [-0.05, 0) is 38.0 Å². The number of rotatable bonds is 3. The molecular formula is C13H23NO2. The number of aliphatic carboxylic acids is 1. The highest BCUT2D eigenvalue weighted by Gasteiger charge is 2.32. The number of carbonyl (C=O) groups is 1. The number of carboxylic acids is 1. The van der Waals surface area contributed by atoms with Crippen LogP contribution in [-0.4, -0.2) is 23.2 Å². The lowest BCUT2D eigenvalue weighted by Gasteiger charge is -2.40. The third kappa shape index (κ3) is 2.76. The van der Waals surface area contributed by atoms with E-state index in [9.17, 15) is 4.79 Å². The van der Waals surface area contributed by atoms with Gasteiger partial charge in [0.1, 0.15) is 6.04 Å². The SMILES string of the molecule is C[C@@H](NC1CCC2CCCCC2C1)C(=O)O. The second kappa shape index (κ2) is 5.17. The molecule has 2 rings (SSSR count). The Morgan fingerprint density at radius 3 is 2.56 bits per heavy atom. The molecule has 2 fully saturated rings. The minimum atomic E-state index is -0.731. The zero-order valence-electron chi connectivity index (χ0n) is 10.1.